The van der Waals surface area contributed by atoms with Gasteiger partial charge in [-0.15, -0.1) is 0 Å². The number of carbonyl (C=O) groups excluding carboxylic acids is 2. The average molecular weight is 329 g/mol. The molecule has 0 unspecified atom stereocenters. The van der Waals surface area contributed by atoms with E-state index in [1.165, 1.54) is 6.42 Å². The molecule has 5 nitrogen and oxygen atoms in total. The quantitative estimate of drug-likeness (QED) is 0.924. The summed E-state index contributed by atoms with van der Waals surface area (Å²) in [5, 5.41) is 3.26. The number of para-hydroxylation sites is 2. The largest absolute Gasteiger partial charge is 0.374 e. The summed E-state index contributed by atoms with van der Waals surface area (Å²) in [5.74, 6) is 0.297. The van der Waals surface area contributed by atoms with Gasteiger partial charge in [-0.1, -0.05) is 12.1 Å². The lowest BCUT2D eigenvalue weighted by atomic mass is 9.97. The molecule has 2 aliphatic rings. The zero-order valence-corrected chi connectivity index (χ0v) is 14.6. The molecule has 2 fully saturated rings. The molecule has 0 aromatic heterocycles. The number of hydrogen-bond donors (Lipinski definition) is 1. The lowest BCUT2D eigenvalue weighted by Gasteiger charge is -2.39. The highest BCUT2D eigenvalue weighted by atomic mass is 16.2. The Morgan fingerprint density at radius 2 is 1.88 bits per heavy atom. The molecular weight excluding hydrogens is 302 g/mol. The van der Waals surface area contributed by atoms with E-state index in [4.69, 9.17) is 0 Å². The molecule has 2 saturated heterocycles. The van der Waals surface area contributed by atoms with Crippen LogP contribution < -0.4 is 10.2 Å². The monoisotopic (exact) mass is 329 g/mol. The normalized spacial score (nSPS) is 24.3. The van der Waals surface area contributed by atoms with Gasteiger partial charge in [0.05, 0.1) is 17.9 Å². The topological polar surface area (TPSA) is 52.7 Å². The van der Waals surface area contributed by atoms with Gasteiger partial charge in [0.15, 0.2) is 0 Å². The molecular formula is C19H27N3O2. The number of hydrogen-bond acceptors (Lipinski definition) is 3. The molecule has 0 saturated carbocycles. The van der Waals surface area contributed by atoms with Crippen LogP contribution in [0.15, 0.2) is 24.3 Å². The van der Waals surface area contributed by atoms with Crippen LogP contribution in [0.25, 0.3) is 0 Å². The summed E-state index contributed by atoms with van der Waals surface area (Å²) in [4.78, 5) is 28.5. The molecule has 0 spiro atoms. The third-order valence-corrected chi connectivity index (χ3v) is 5.18. The predicted octanol–water partition coefficient (Wildman–Crippen LogP) is 3.01. The first-order valence-corrected chi connectivity index (χ1v) is 9.02. The number of benzene rings is 1. The van der Waals surface area contributed by atoms with Crippen molar-refractivity contribution in [3.05, 3.63) is 24.3 Å². The van der Waals surface area contributed by atoms with Crippen LogP contribution >= 0.6 is 0 Å². The van der Waals surface area contributed by atoms with E-state index in [1.807, 2.05) is 34.1 Å². The van der Waals surface area contributed by atoms with Crippen molar-refractivity contribution in [2.24, 2.45) is 0 Å². The number of carbonyl (C=O) groups is 2. The Balaban J connectivity index is 1.68. The molecule has 1 aromatic rings. The molecule has 2 heterocycles. The lowest BCUT2D eigenvalue weighted by molar-refractivity contribution is -0.135. The fourth-order valence-electron chi connectivity index (χ4n) is 3.94. The van der Waals surface area contributed by atoms with Crippen LogP contribution in [0.4, 0.5) is 11.4 Å². The smallest absolute Gasteiger partial charge is 0.242 e. The molecule has 2 atom stereocenters. The standard InChI is InChI=1S/C19H27N3O2/c1-14-7-5-8-15(2)22(14)19(24)13-20-16-9-3-4-10-17(16)21-12-6-11-18(21)23/h3-4,9-10,14-15,20H,5-8,11-13H2,1-2H3/t14-,15-/m0/s1. The van der Waals surface area contributed by atoms with E-state index >= 15 is 0 Å². The lowest BCUT2D eigenvalue weighted by Crippen LogP contribution is -2.49. The average Bonchev–Trinajstić information content (AvgIpc) is 2.99. The number of anilines is 2. The number of nitrogens with one attached hydrogen (secondary N) is 1. The highest BCUT2D eigenvalue weighted by Crippen LogP contribution is 2.29. The summed E-state index contributed by atoms with van der Waals surface area (Å²) >= 11 is 0. The number of piperidine rings is 1. The first kappa shape index (κ1) is 16.8. The fourth-order valence-corrected chi connectivity index (χ4v) is 3.94. The van der Waals surface area contributed by atoms with E-state index in [0.29, 0.717) is 18.5 Å². The van der Waals surface area contributed by atoms with Crippen LogP contribution in [-0.4, -0.2) is 41.9 Å². The minimum absolute atomic E-state index is 0.136. The molecule has 130 valence electrons. The summed E-state index contributed by atoms with van der Waals surface area (Å²) in [6, 6.07) is 8.36. The summed E-state index contributed by atoms with van der Waals surface area (Å²) < 4.78 is 0. The van der Waals surface area contributed by atoms with Gasteiger partial charge in [-0.05, 0) is 51.7 Å². The van der Waals surface area contributed by atoms with Crippen LogP contribution in [0, 0.1) is 0 Å². The maximum Gasteiger partial charge on any atom is 0.242 e. The maximum atomic E-state index is 12.7. The second-order valence-electron chi connectivity index (χ2n) is 6.95. The first-order valence-electron chi connectivity index (χ1n) is 9.02. The van der Waals surface area contributed by atoms with Crippen LogP contribution in [0.2, 0.25) is 0 Å². The zero-order valence-electron chi connectivity index (χ0n) is 14.6. The maximum absolute atomic E-state index is 12.7. The second-order valence-corrected chi connectivity index (χ2v) is 6.95. The minimum Gasteiger partial charge on any atom is -0.374 e. The third-order valence-electron chi connectivity index (χ3n) is 5.18. The van der Waals surface area contributed by atoms with Crippen LogP contribution in [0.5, 0.6) is 0 Å². The molecule has 24 heavy (non-hydrogen) atoms. The number of rotatable bonds is 4. The molecule has 3 rings (SSSR count). The van der Waals surface area contributed by atoms with Gasteiger partial charge in [-0.2, -0.15) is 0 Å². The van der Waals surface area contributed by atoms with Gasteiger partial charge in [-0.25, -0.2) is 0 Å². The minimum atomic E-state index is 0.136. The molecule has 2 aliphatic heterocycles. The van der Waals surface area contributed by atoms with Gasteiger partial charge >= 0.3 is 0 Å². The highest BCUT2D eigenvalue weighted by Gasteiger charge is 2.29. The molecule has 1 aromatic carbocycles. The molecule has 5 heteroatoms. The van der Waals surface area contributed by atoms with Crippen LogP contribution in [0.3, 0.4) is 0 Å². The third kappa shape index (κ3) is 3.40. The highest BCUT2D eigenvalue weighted by molar-refractivity contribution is 5.98. The van der Waals surface area contributed by atoms with E-state index in [9.17, 15) is 9.59 Å². The van der Waals surface area contributed by atoms with Crippen LogP contribution in [-0.2, 0) is 9.59 Å². The van der Waals surface area contributed by atoms with E-state index in [-0.39, 0.29) is 18.4 Å². The molecule has 0 aliphatic carbocycles. The van der Waals surface area contributed by atoms with Gasteiger partial charge in [0.25, 0.3) is 0 Å². The Morgan fingerprint density at radius 3 is 2.54 bits per heavy atom. The van der Waals surface area contributed by atoms with Gasteiger partial charge in [0, 0.05) is 25.0 Å². The Bertz CT molecular complexity index is 606. The van der Waals surface area contributed by atoms with Crippen molar-refractivity contribution in [3.63, 3.8) is 0 Å². The zero-order chi connectivity index (χ0) is 17.1. The van der Waals surface area contributed by atoms with Crippen molar-refractivity contribution < 1.29 is 9.59 Å². The summed E-state index contributed by atoms with van der Waals surface area (Å²) in [5.41, 5.74) is 1.74. The number of likely N-dealkylation sites (tertiary alicyclic amines) is 1. The van der Waals surface area contributed by atoms with E-state index in [1.54, 1.807) is 0 Å². The molecule has 0 radical (unpaired) electrons. The predicted molar refractivity (Wildman–Crippen MR) is 96.1 cm³/mol. The van der Waals surface area contributed by atoms with Gasteiger partial charge < -0.3 is 15.1 Å². The SMILES string of the molecule is C[C@H]1CCC[C@H](C)N1C(=O)CNc1ccccc1N1CCCC1=O. The Kier molecular flexibility index (Phi) is 5.07. The summed E-state index contributed by atoms with van der Waals surface area (Å²) in [7, 11) is 0. The first-order chi connectivity index (χ1) is 11.6. The Hall–Kier alpha value is -2.04. The van der Waals surface area contributed by atoms with Gasteiger partial charge in [0.2, 0.25) is 11.8 Å². The van der Waals surface area contributed by atoms with E-state index < -0.39 is 0 Å². The molecule has 0 bridgehead atoms. The van der Waals surface area contributed by atoms with Crippen molar-refractivity contribution in [3.8, 4) is 0 Å². The molecule has 1 N–H and O–H groups in total. The van der Waals surface area contributed by atoms with Crippen molar-refractivity contribution >= 4 is 23.2 Å². The van der Waals surface area contributed by atoms with Crippen molar-refractivity contribution in [1.82, 2.24) is 4.90 Å². The Morgan fingerprint density at radius 1 is 1.17 bits per heavy atom. The van der Waals surface area contributed by atoms with Crippen molar-refractivity contribution in [2.75, 3.05) is 23.3 Å². The number of amides is 2. The van der Waals surface area contributed by atoms with Gasteiger partial charge in [-0.3, -0.25) is 9.59 Å². The van der Waals surface area contributed by atoms with Crippen molar-refractivity contribution in [1.29, 1.82) is 0 Å². The second kappa shape index (κ2) is 7.24. The molecule has 2 amide bonds. The van der Waals surface area contributed by atoms with Gasteiger partial charge in [0.1, 0.15) is 0 Å². The number of nitrogens with zero attached hydrogens (tertiary/aromatic N) is 2. The summed E-state index contributed by atoms with van der Waals surface area (Å²) in [6.45, 7) is 5.29. The van der Waals surface area contributed by atoms with Crippen molar-refractivity contribution in [2.45, 2.75) is 58.0 Å². The van der Waals surface area contributed by atoms with E-state index in [0.717, 1.165) is 37.2 Å². The fraction of sp³-hybridized carbons (Fsp3) is 0.579. The Labute approximate surface area is 144 Å². The van der Waals surface area contributed by atoms with Crippen LogP contribution in [0.1, 0.15) is 46.0 Å². The van der Waals surface area contributed by atoms with E-state index in [2.05, 4.69) is 19.2 Å². The summed E-state index contributed by atoms with van der Waals surface area (Å²) in [6.07, 6.45) is 4.86.